The van der Waals surface area contributed by atoms with Crippen molar-refractivity contribution in [3.05, 3.63) is 0 Å². The van der Waals surface area contributed by atoms with Gasteiger partial charge >= 0.3 is 0 Å². The van der Waals surface area contributed by atoms with E-state index in [1.165, 1.54) is 0 Å². The number of nitrogens with one attached hydrogen (secondary N) is 4. The second-order valence-corrected chi connectivity index (χ2v) is 9.09. The number of nitrogens with two attached hydrogens (primary N) is 1. The third-order valence-corrected chi connectivity index (χ3v) is 5.36. The molecule has 0 unspecified atom stereocenters. The van der Waals surface area contributed by atoms with Gasteiger partial charge in [0.15, 0.2) is 22.6 Å². The van der Waals surface area contributed by atoms with Crippen LogP contribution in [0.2, 0.25) is 0 Å². The molecule has 0 rings (SSSR count). The van der Waals surface area contributed by atoms with Crippen LogP contribution < -0.4 is 27.0 Å². The molecular formula is C19H32N8O2S2. The van der Waals surface area contributed by atoms with Crippen LogP contribution in [-0.4, -0.2) is 53.1 Å². The molecule has 6 N–H and O–H groups in total. The number of carbonyl (C=O) groups excluding carboxylic acids is 2. The number of rotatable bonds is 12. The molecule has 12 heteroatoms. The number of nitrogens with zero attached hydrogens (tertiary/aromatic N) is 3. The first-order chi connectivity index (χ1) is 14.4. The standard InChI is InChI=1S/C19H32N8O2S2/c1-18(2,14(28)25-12-20)6-9-24-17(31)23-8-5-10-27(16(22)30)11-7-19(3,4)15(29)26-13-21/h5-11H2,1-4H3,(H2,22,30)(H,25,28)(H,26,29)(H2,23,24,31). The van der Waals surface area contributed by atoms with E-state index in [2.05, 4.69) is 21.3 Å². The minimum Gasteiger partial charge on any atom is -0.376 e. The zero-order chi connectivity index (χ0) is 24.1. The van der Waals surface area contributed by atoms with Crippen LogP contribution in [0.3, 0.4) is 0 Å². The molecule has 0 fully saturated rings. The number of nitriles is 2. The van der Waals surface area contributed by atoms with Gasteiger partial charge in [-0.2, -0.15) is 10.5 Å². The average molecular weight is 469 g/mol. The summed E-state index contributed by atoms with van der Waals surface area (Å²) in [5.74, 6) is -0.675. The maximum absolute atomic E-state index is 11.9. The normalized spacial score (nSPS) is 10.8. The summed E-state index contributed by atoms with van der Waals surface area (Å²) in [5, 5.41) is 28.3. The van der Waals surface area contributed by atoms with Crippen molar-refractivity contribution in [1.82, 2.24) is 26.2 Å². The molecule has 0 atom stereocenters. The molecule has 0 aliphatic carbocycles. The first-order valence-corrected chi connectivity index (χ1v) is 10.6. The highest BCUT2D eigenvalue weighted by Crippen LogP contribution is 2.21. The molecule has 0 spiro atoms. The zero-order valence-electron chi connectivity index (χ0n) is 18.5. The SMILES string of the molecule is CC(C)(CCNC(=S)NCCCN(CCC(C)(C)C(=O)NC#N)C(N)=S)C(=O)NC#N. The topological polar surface area (TPSA) is 159 Å². The number of carbonyl (C=O) groups is 2. The van der Waals surface area contributed by atoms with Gasteiger partial charge in [0, 0.05) is 37.0 Å². The van der Waals surface area contributed by atoms with E-state index in [1.807, 2.05) is 4.90 Å². The van der Waals surface area contributed by atoms with Crippen molar-refractivity contribution in [2.75, 3.05) is 26.2 Å². The molecule has 0 radical (unpaired) electrons. The molecule has 0 aromatic rings. The van der Waals surface area contributed by atoms with Crippen LogP contribution in [0.25, 0.3) is 0 Å². The summed E-state index contributed by atoms with van der Waals surface area (Å²) >= 11 is 10.3. The lowest BCUT2D eigenvalue weighted by atomic mass is 9.88. The first kappa shape index (κ1) is 28.3. The fraction of sp³-hybridized carbons (Fsp3) is 0.684. The van der Waals surface area contributed by atoms with Gasteiger partial charge in [0.2, 0.25) is 11.8 Å². The van der Waals surface area contributed by atoms with Gasteiger partial charge in [0.25, 0.3) is 0 Å². The number of amides is 2. The molecule has 31 heavy (non-hydrogen) atoms. The molecular weight excluding hydrogens is 436 g/mol. The molecule has 0 aliphatic heterocycles. The predicted molar refractivity (Wildman–Crippen MR) is 126 cm³/mol. The maximum Gasteiger partial charge on any atom is 0.238 e. The largest absolute Gasteiger partial charge is 0.376 e. The van der Waals surface area contributed by atoms with E-state index in [4.69, 9.17) is 40.7 Å². The molecule has 0 heterocycles. The second-order valence-electron chi connectivity index (χ2n) is 8.26. The van der Waals surface area contributed by atoms with Gasteiger partial charge in [0.05, 0.1) is 0 Å². The van der Waals surface area contributed by atoms with Crippen LogP contribution in [-0.2, 0) is 9.59 Å². The summed E-state index contributed by atoms with van der Waals surface area (Å²) in [5.41, 5.74) is 4.38. The van der Waals surface area contributed by atoms with E-state index >= 15 is 0 Å². The van der Waals surface area contributed by atoms with E-state index in [0.29, 0.717) is 50.6 Å². The third-order valence-electron chi connectivity index (χ3n) is 4.81. The van der Waals surface area contributed by atoms with E-state index < -0.39 is 10.8 Å². The van der Waals surface area contributed by atoms with Crippen molar-refractivity contribution in [1.29, 1.82) is 10.5 Å². The monoisotopic (exact) mass is 468 g/mol. The van der Waals surface area contributed by atoms with Crippen LogP contribution in [0.5, 0.6) is 0 Å². The van der Waals surface area contributed by atoms with Crippen molar-refractivity contribution in [2.45, 2.75) is 47.0 Å². The van der Waals surface area contributed by atoms with Crippen LogP contribution in [0.15, 0.2) is 0 Å². The number of hydrogen-bond donors (Lipinski definition) is 5. The molecule has 0 aromatic heterocycles. The Kier molecular flexibility index (Phi) is 12.4. The lowest BCUT2D eigenvalue weighted by molar-refractivity contribution is -0.129. The molecule has 0 bridgehead atoms. The maximum atomic E-state index is 11.9. The summed E-state index contributed by atoms with van der Waals surface area (Å²) in [6.45, 7) is 9.17. The summed E-state index contributed by atoms with van der Waals surface area (Å²) in [4.78, 5) is 25.5. The third kappa shape index (κ3) is 11.3. The highest BCUT2D eigenvalue weighted by atomic mass is 32.1. The van der Waals surface area contributed by atoms with Gasteiger partial charge in [-0.05, 0) is 43.7 Å². The Labute approximate surface area is 194 Å². The van der Waals surface area contributed by atoms with E-state index in [1.54, 1.807) is 40.1 Å². The quantitative estimate of drug-likeness (QED) is 0.117. The Balaban J connectivity index is 4.29. The van der Waals surface area contributed by atoms with Crippen molar-refractivity contribution in [3.63, 3.8) is 0 Å². The summed E-state index contributed by atoms with van der Waals surface area (Å²) in [6.07, 6.45) is 4.99. The van der Waals surface area contributed by atoms with Crippen LogP contribution >= 0.6 is 24.4 Å². The van der Waals surface area contributed by atoms with Gasteiger partial charge in [0.1, 0.15) is 0 Å². The van der Waals surface area contributed by atoms with Crippen LogP contribution in [0.1, 0.15) is 47.0 Å². The van der Waals surface area contributed by atoms with Crippen molar-refractivity contribution < 1.29 is 9.59 Å². The van der Waals surface area contributed by atoms with Crippen LogP contribution in [0, 0.1) is 33.7 Å². The van der Waals surface area contributed by atoms with Crippen LogP contribution in [0.4, 0.5) is 0 Å². The highest BCUT2D eigenvalue weighted by molar-refractivity contribution is 7.80. The molecule has 0 aliphatic rings. The molecule has 2 amide bonds. The van der Waals surface area contributed by atoms with Gasteiger partial charge in [-0.15, -0.1) is 0 Å². The number of hydrogen-bond acceptors (Lipinski definition) is 6. The summed E-state index contributed by atoms with van der Waals surface area (Å²) in [7, 11) is 0. The number of thiocarbonyl (C=S) groups is 2. The summed E-state index contributed by atoms with van der Waals surface area (Å²) in [6, 6.07) is 0. The lowest BCUT2D eigenvalue weighted by Crippen LogP contribution is -2.43. The van der Waals surface area contributed by atoms with E-state index in [0.717, 1.165) is 0 Å². The van der Waals surface area contributed by atoms with E-state index in [9.17, 15) is 9.59 Å². The Hall–Kier alpha value is -2.70. The molecule has 10 nitrogen and oxygen atoms in total. The van der Waals surface area contributed by atoms with Crippen molar-refractivity contribution >= 4 is 46.5 Å². The predicted octanol–water partition coefficient (Wildman–Crippen LogP) is 0.413. The highest BCUT2D eigenvalue weighted by Gasteiger charge is 2.28. The molecule has 0 saturated carbocycles. The smallest absolute Gasteiger partial charge is 0.238 e. The second kappa shape index (κ2) is 13.6. The fourth-order valence-corrected chi connectivity index (χ4v) is 2.82. The minimum absolute atomic E-state index is 0.245. The average Bonchev–Trinajstić information content (AvgIpc) is 2.67. The fourth-order valence-electron chi connectivity index (χ4n) is 2.44. The van der Waals surface area contributed by atoms with E-state index in [-0.39, 0.29) is 16.9 Å². The van der Waals surface area contributed by atoms with Crippen molar-refractivity contribution in [3.8, 4) is 12.4 Å². The Bertz CT molecular complexity index is 740. The van der Waals surface area contributed by atoms with Crippen molar-refractivity contribution in [2.24, 2.45) is 16.6 Å². The summed E-state index contributed by atoms with van der Waals surface area (Å²) < 4.78 is 0. The minimum atomic E-state index is -0.722. The molecule has 172 valence electrons. The molecule has 0 aromatic carbocycles. The van der Waals surface area contributed by atoms with Gasteiger partial charge < -0.3 is 21.3 Å². The zero-order valence-corrected chi connectivity index (χ0v) is 20.1. The first-order valence-electron chi connectivity index (χ1n) is 9.82. The van der Waals surface area contributed by atoms with Gasteiger partial charge in [-0.1, -0.05) is 27.7 Å². The lowest BCUT2D eigenvalue weighted by Gasteiger charge is -2.28. The van der Waals surface area contributed by atoms with Gasteiger partial charge in [-0.25, -0.2) is 0 Å². The Morgan fingerprint density at radius 3 is 1.87 bits per heavy atom. The Morgan fingerprint density at radius 1 is 0.903 bits per heavy atom. The molecule has 0 saturated heterocycles. The Morgan fingerprint density at radius 2 is 1.39 bits per heavy atom. The van der Waals surface area contributed by atoms with Gasteiger partial charge in [-0.3, -0.25) is 20.2 Å².